The number of hydrogen-bond donors (Lipinski definition) is 3. The zero-order chi connectivity index (χ0) is 13.7. The first-order chi connectivity index (χ1) is 9.20. The first-order valence-electron chi connectivity index (χ1n) is 6.36. The van der Waals surface area contributed by atoms with Gasteiger partial charge < -0.3 is 16.4 Å². The van der Waals surface area contributed by atoms with Crippen molar-refractivity contribution >= 4 is 35.7 Å². The molecule has 1 aliphatic rings. The van der Waals surface area contributed by atoms with Crippen LogP contribution in [0.2, 0.25) is 0 Å². The van der Waals surface area contributed by atoms with Gasteiger partial charge in [-0.2, -0.15) is 0 Å². The van der Waals surface area contributed by atoms with Gasteiger partial charge in [0.2, 0.25) is 5.91 Å². The van der Waals surface area contributed by atoms with Crippen LogP contribution in [0.5, 0.6) is 0 Å². The molecule has 1 saturated heterocycles. The molecule has 0 saturated carbocycles. The van der Waals surface area contributed by atoms with E-state index in [1.165, 1.54) is 0 Å². The number of nitrogens with two attached hydrogens (primary N) is 1. The first kappa shape index (κ1) is 16.3. The summed E-state index contributed by atoms with van der Waals surface area (Å²) in [7, 11) is 0. The fraction of sp³-hybridized carbons (Fsp3) is 0.385. The van der Waals surface area contributed by atoms with Crippen molar-refractivity contribution in [2.24, 2.45) is 5.73 Å². The minimum Gasteiger partial charge on any atom is -0.338 e. The van der Waals surface area contributed by atoms with E-state index >= 15 is 0 Å². The van der Waals surface area contributed by atoms with E-state index in [2.05, 4.69) is 10.6 Å². The summed E-state index contributed by atoms with van der Waals surface area (Å²) in [6.07, 6.45) is 1.20. The Hall–Kier alpha value is -1.79. The Balaban J connectivity index is 0.00000200. The maximum atomic E-state index is 11.7. The van der Waals surface area contributed by atoms with Crippen molar-refractivity contribution in [2.45, 2.75) is 12.8 Å². The summed E-state index contributed by atoms with van der Waals surface area (Å²) in [5, 5.41) is 5.55. The lowest BCUT2D eigenvalue weighted by Gasteiger charge is -2.27. The molecule has 1 heterocycles. The zero-order valence-electron chi connectivity index (χ0n) is 11.1. The lowest BCUT2D eigenvalue weighted by atomic mass is 10.2. The molecule has 1 aromatic rings. The molecular weight excluding hydrogens is 280 g/mol. The number of urea groups is 1. The van der Waals surface area contributed by atoms with Gasteiger partial charge in [0.25, 0.3) is 0 Å². The van der Waals surface area contributed by atoms with E-state index in [9.17, 15) is 9.59 Å². The van der Waals surface area contributed by atoms with Gasteiger partial charge in [-0.15, -0.1) is 12.4 Å². The highest BCUT2D eigenvalue weighted by Gasteiger charge is 2.19. The number of nitrogens with zero attached hydrogens (tertiary/aromatic N) is 1. The fourth-order valence-corrected chi connectivity index (χ4v) is 1.98. The Morgan fingerprint density at radius 1 is 1.45 bits per heavy atom. The van der Waals surface area contributed by atoms with E-state index in [0.29, 0.717) is 25.3 Å². The third-order valence-electron chi connectivity index (χ3n) is 2.89. The second kappa shape index (κ2) is 7.72. The van der Waals surface area contributed by atoms with Gasteiger partial charge in [0, 0.05) is 37.4 Å². The third-order valence-corrected chi connectivity index (χ3v) is 2.89. The quantitative estimate of drug-likeness (QED) is 0.783. The van der Waals surface area contributed by atoms with Crippen LogP contribution in [0.4, 0.5) is 16.2 Å². The van der Waals surface area contributed by atoms with E-state index in [4.69, 9.17) is 5.73 Å². The Kier molecular flexibility index (Phi) is 6.27. The summed E-state index contributed by atoms with van der Waals surface area (Å²) >= 11 is 0. The van der Waals surface area contributed by atoms with Gasteiger partial charge in [0.1, 0.15) is 0 Å². The molecule has 2 rings (SSSR count). The van der Waals surface area contributed by atoms with Gasteiger partial charge in [-0.05, 0) is 24.6 Å². The molecule has 0 unspecified atom stereocenters. The third kappa shape index (κ3) is 4.11. The van der Waals surface area contributed by atoms with Crippen LogP contribution in [0.3, 0.4) is 0 Å². The average Bonchev–Trinajstić information content (AvgIpc) is 2.40. The molecule has 0 aromatic heterocycles. The average molecular weight is 299 g/mol. The molecule has 0 aliphatic carbocycles. The van der Waals surface area contributed by atoms with E-state index in [0.717, 1.165) is 12.1 Å². The molecule has 0 radical (unpaired) electrons. The number of nitrogens with one attached hydrogen (secondary N) is 2. The standard InChI is InChI=1S/C13H18N4O2.ClH/c14-6-5-12(18)16-10-3-1-4-11(9-10)17-8-2-7-15-13(17)19;/h1,3-4,9H,2,5-8,14H2,(H,15,19)(H,16,18);1H. The van der Waals surface area contributed by atoms with Crippen molar-refractivity contribution in [3.8, 4) is 0 Å². The number of carbonyl (C=O) groups excluding carboxylic acids is 2. The molecule has 1 fully saturated rings. The predicted molar refractivity (Wildman–Crippen MR) is 81.4 cm³/mol. The predicted octanol–water partition coefficient (Wildman–Crippen LogP) is 1.32. The van der Waals surface area contributed by atoms with Crippen LogP contribution >= 0.6 is 12.4 Å². The number of rotatable bonds is 4. The summed E-state index contributed by atoms with van der Waals surface area (Å²) in [4.78, 5) is 24.9. The van der Waals surface area contributed by atoms with E-state index in [1.807, 2.05) is 12.1 Å². The number of hydrogen-bond acceptors (Lipinski definition) is 3. The minimum absolute atomic E-state index is 0. The lowest BCUT2D eigenvalue weighted by Crippen LogP contribution is -2.46. The molecular formula is C13H19ClN4O2. The van der Waals surface area contributed by atoms with Gasteiger partial charge in [-0.3, -0.25) is 9.69 Å². The van der Waals surface area contributed by atoms with Crippen molar-refractivity contribution in [1.29, 1.82) is 0 Å². The molecule has 6 nitrogen and oxygen atoms in total. The second-order valence-corrected chi connectivity index (χ2v) is 4.37. The smallest absolute Gasteiger partial charge is 0.321 e. The number of halogens is 1. The maximum Gasteiger partial charge on any atom is 0.321 e. The molecule has 0 bridgehead atoms. The van der Waals surface area contributed by atoms with Crippen LogP contribution in [0, 0.1) is 0 Å². The zero-order valence-corrected chi connectivity index (χ0v) is 11.9. The van der Waals surface area contributed by atoms with Crippen molar-refractivity contribution < 1.29 is 9.59 Å². The number of amides is 3. The molecule has 1 aromatic carbocycles. The molecule has 4 N–H and O–H groups in total. The summed E-state index contributed by atoms with van der Waals surface area (Å²) < 4.78 is 0. The normalized spacial score (nSPS) is 14.2. The molecule has 0 atom stereocenters. The van der Waals surface area contributed by atoms with Crippen molar-refractivity contribution in [1.82, 2.24) is 5.32 Å². The molecule has 1 aliphatic heterocycles. The second-order valence-electron chi connectivity index (χ2n) is 4.37. The summed E-state index contributed by atoms with van der Waals surface area (Å²) in [6, 6.07) is 7.15. The van der Waals surface area contributed by atoms with Crippen LogP contribution in [0.25, 0.3) is 0 Å². The molecule has 0 spiro atoms. The number of benzene rings is 1. The number of anilines is 2. The summed E-state index contributed by atoms with van der Waals surface area (Å²) in [5.41, 5.74) is 6.78. The van der Waals surface area contributed by atoms with Crippen molar-refractivity contribution in [3.05, 3.63) is 24.3 Å². The monoisotopic (exact) mass is 298 g/mol. The lowest BCUT2D eigenvalue weighted by molar-refractivity contribution is -0.116. The first-order valence-corrected chi connectivity index (χ1v) is 6.36. The highest BCUT2D eigenvalue weighted by atomic mass is 35.5. The van der Waals surface area contributed by atoms with Crippen LogP contribution < -0.4 is 21.3 Å². The van der Waals surface area contributed by atoms with E-state index in [1.54, 1.807) is 17.0 Å². The molecule has 20 heavy (non-hydrogen) atoms. The molecule has 3 amide bonds. The van der Waals surface area contributed by atoms with Crippen LogP contribution in [0.1, 0.15) is 12.8 Å². The van der Waals surface area contributed by atoms with Gasteiger partial charge in [-0.25, -0.2) is 4.79 Å². The Bertz CT molecular complexity index is 481. The highest BCUT2D eigenvalue weighted by molar-refractivity contribution is 5.95. The Morgan fingerprint density at radius 3 is 2.95 bits per heavy atom. The highest BCUT2D eigenvalue weighted by Crippen LogP contribution is 2.21. The van der Waals surface area contributed by atoms with Crippen LogP contribution in [0.15, 0.2) is 24.3 Å². The largest absolute Gasteiger partial charge is 0.338 e. The topological polar surface area (TPSA) is 87.5 Å². The maximum absolute atomic E-state index is 11.7. The summed E-state index contributed by atoms with van der Waals surface area (Å²) in [5.74, 6) is -0.122. The van der Waals surface area contributed by atoms with Crippen molar-refractivity contribution in [2.75, 3.05) is 29.9 Å². The minimum atomic E-state index is -0.122. The molecule has 110 valence electrons. The Labute approximate surface area is 124 Å². The van der Waals surface area contributed by atoms with Gasteiger partial charge >= 0.3 is 6.03 Å². The van der Waals surface area contributed by atoms with Gasteiger partial charge in [-0.1, -0.05) is 6.07 Å². The molecule has 7 heteroatoms. The van der Waals surface area contributed by atoms with Crippen molar-refractivity contribution in [3.63, 3.8) is 0 Å². The Morgan fingerprint density at radius 2 is 2.25 bits per heavy atom. The van der Waals surface area contributed by atoms with E-state index in [-0.39, 0.29) is 30.8 Å². The van der Waals surface area contributed by atoms with Gasteiger partial charge in [0.15, 0.2) is 0 Å². The van der Waals surface area contributed by atoms with Crippen LogP contribution in [-0.4, -0.2) is 31.6 Å². The van der Waals surface area contributed by atoms with Crippen LogP contribution in [-0.2, 0) is 4.79 Å². The van der Waals surface area contributed by atoms with E-state index < -0.39 is 0 Å². The number of carbonyl (C=O) groups is 2. The summed E-state index contributed by atoms with van der Waals surface area (Å²) in [6.45, 7) is 1.72. The fourth-order valence-electron chi connectivity index (χ4n) is 1.98. The van der Waals surface area contributed by atoms with Gasteiger partial charge in [0.05, 0.1) is 0 Å². The SMILES string of the molecule is Cl.NCCC(=O)Nc1cccc(N2CCCNC2=O)c1.